The summed E-state index contributed by atoms with van der Waals surface area (Å²) < 4.78 is 11.8. The molecule has 11 nitrogen and oxygen atoms in total. The summed E-state index contributed by atoms with van der Waals surface area (Å²) in [6.07, 6.45) is 2.79. The first-order valence-corrected chi connectivity index (χ1v) is 13.2. The number of morpholine rings is 1. The quantitative estimate of drug-likeness (QED) is 0.278. The van der Waals surface area contributed by atoms with Gasteiger partial charge in [0.25, 0.3) is 5.91 Å². The van der Waals surface area contributed by atoms with Crippen LogP contribution >= 0.6 is 11.8 Å². The molecule has 2 aliphatic heterocycles. The summed E-state index contributed by atoms with van der Waals surface area (Å²) in [7, 11) is 0. The van der Waals surface area contributed by atoms with Crippen molar-refractivity contribution in [2.24, 2.45) is 11.7 Å². The van der Waals surface area contributed by atoms with Crippen LogP contribution in [0.3, 0.4) is 0 Å². The number of carbonyl (C=O) groups is 3. The summed E-state index contributed by atoms with van der Waals surface area (Å²) in [6.45, 7) is 3.79. The van der Waals surface area contributed by atoms with Crippen molar-refractivity contribution in [3.05, 3.63) is 71.3 Å². The molecule has 3 amide bonds. The minimum absolute atomic E-state index is 0.000920. The second-order valence-corrected chi connectivity index (χ2v) is 10.3. The van der Waals surface area contributed by atoms with Gasteiger partial charge in [0.1, 0.15) is 17.1 Å². The number of nitrogens with two attached hydrogens (primary N) is 1. The molecule has 2 aliphatic rings. The van der Waals surface area contributed by atoms with Crippen LogP contribution in [0.5, 0.6) is 0 Å². The zero-order chi connectivity index (χ0) is 26.8. The number of carbonyl (C=O) groups excluding carboxylic acids is 3. The minimum Gasteiger partial charge on any atom is -0.472 e. The van der Waals surface area contributed by atoms with E-state index in [4.69, 9.17) is 20.3 Å². The van der Waals surface area contributed by atoms with Crippen molar-refractivity contribution in [3.63, 3.8) is 0 Å². The molecule has 5 rings (SSSR count). The average molecular weight is 537 g/mol. The summed E-state index contributed by atoms with van der Waals surface area (Å²) in [5.74, 6) is -0.869. The van der Waals surface area contributed by atoms with Crippen LogP contribution in [0.2, 0.25) is 0 Å². The average Bonchev–Trinajstić information content (AvgIpc) is 3.68. The van der Waals surface area contributed by atoms with Gasteiger partial charge in [-0.3, -0.25) is 19.9 Å². The number of nitrogen functional groups attached to an aromatic ring is 1. The van der Waals surface area contributed by atoms with Gasteiger partial charge in [-0.25, -0.2) is 4.79 Å². The van der Waals surface area contributed by atoms with E-state index in [9.17, 15) is 14.4 Å². The number of hydrogen-bond donors (Lipinski definition) is 2. The zero-order valence-corrected chi connectivity index (χ0v) is 21.6. The number of amidine groups is 1. The molecule has 1 aromatic carbocycles. The van der Waals surface area contributed by atoms with E-state index in [1.165, 1.54) is 33.9 Å². The first-order valence-electron chi connectivity index (χ1n) is 12.2. The third-order valence-corrected chi connectivity index (χ3v) is 7.90. The van der Waals surface area contributed by atoms with Gasteiger partial charge < -0.3 is 19.8 Å². The lowest BCUT2D eigenvalue weighted by molar-refractivity contribution is -0.128. The number of hydrogen-bond acceptors (Lipinski definition) is 8. The fourth-order valence-corrected chi connectivity index (χ4v) is 5.52. The number of aromatic nitrogens is 2. The van der Waals surface area contributed by atoms with Gasteiger partial charge in [-0.1, -0.05) is 31.2 Å². The van der Waals surface area contributed by atoms with E-state index in [2.05, 4.69) is 5.10 Å². The van der Waals surface area contributed by atoms with Crippen molar-refractivity contribution in [2.75, 3.05) is 32.8 Å². The molecule has 2 aromatic heterocycles. The summed E-state index contributed by atoms with van der Waals surface area (Å²) in [4.78, 5) is 42.3. The Hall–Kier alpha value is -3.90. The Balaban J connectivity index is 1.39. The van der Waals surface area contributed by atoms with Crippen LogP contribution in [0.15, 0.2) is 58.4 Å². The van der Waals surface area contributed by atoms with Crippen molar-refractivity contribution < 1.29 is 23.5 Å². The molecular weight excluding hydrogens is 508 g/mol. The van der Waals surface area contributed by atoms with E-state index < -0.39 is 5.92 Å². The van der Waals surface area contributed by atoms with Gasteiger partial charge in [0.05, 0.1) is 30.7 Å². The van der Waals surface area contributed by atoms with E-state index in [1.807, 2.05) is 18.2 Å². The highest BCUT2D eigenvalue weighted by Crippen LogP contribution is 2.36. The highest BCUT2D eigenvalue weighted by molar-refractivity contribution is 7.98. The maximum absolute atomic E-state index is 13.3. The van der Waals surface area contributed by atoms with Gasteiger partial charge in [-0.15, -0.1) is 11.8 Å². The van der Waals surface area contributed by atoms with Crippen molar-refractivity contribution in [1.82, 2.24) is 19.6 Å². The zero-order valence-electron chi connectivity index (χ0n) is 20.8. The molecule has 2 unspecified atom stereocenters. The summed E-state index contributed by atoms with van der Waals surface area (Å²) in [5.41, 5.74) is 8.10. The number of likely N-dealkylation sites (tertiary alicyclic amines) is 1. The predicted octanol–water partition coefficient (Wildman–Crippen LogP) is 2.76. The van der Waals surface area contributed by atoms with Crippen molar-refractivity contribution >= 4 is 35.4 Å². The van der Waals surface area contributed by atoms with E-state index in [0.717, 1.165) is 5.56 Å². The van der Waals surface area contributed by atoms with Gasteiger partial charge >= 0.3 is 6.03 Å². The van der Waals surface area contributed by atoms with Crippen LogP contribution in [-0.4, -0.2) is 76.1 Å². The highest BCUT2D eigenvalue weighted by Gasteiger charge is 2.44. The number of furan rings is 1. The first-order chi connectivity index (χ1) is 18.3. The minimum atomic E-state index is -0.468. The number of amides is 3. The molecule has 3 N–H and O–H groups in total. The largest absolute Gasteiger partial charge is 0.472 e. The Morgan fingerprint density at radius 3 is 2.55 bits per heavy atom. The number of nitrogens with zero attached hydrogens (tertiary/aromatic N) is 4. The lowest BCUT2D eigenvalue weighted by atomic mass is 9.94. The highest BCUT2D eigenvalue weighted by atomic mass is 32.2. The number of nitrogens with one attached hydrogen (secondary N) is 1. The molecular formula is C26H28N6O5S. The Morgan fingerprint density at radius 2 is 1.89 bits per heavy atom. The summed E-state index contributed by atoms with van der Waals surface area (Å²) in [6, 6.07) is 10.4. The topological polar surface area (TPSA) is 148 Å². The van der Waals surface area contributed by atoms with E-state index >= 15 is 0 Å². The molecule has 12 heteroatoms. The van der Waals surface area contributed by atoms with E-state index in [1.54, 1.807) is 30.0 Å². The normalized spacial score (nSPS) is 19.7. The maximum Gasteiger partial charge on any atom is 0.326 e. The molecule has 2 saturated heterocycles. The number of ether oxygens (including phenoxy) is 1. The smallest absolute Gasteiger partial charge is 0.326 e. The van der Waals surface area contributed by atoms with Gasteiger partial charge in [0.2, 0.25) is 5.91 Å². The number of benzene rings is 1. The second kappa shape index (κ2) is 10.8. The fourth-order valence-electron chi connectivity index (χ4n) is 4.57. The van der Waals surface area contributed by atoms with Gasteiger partial charge in [-0.05, 0) is 17.7 Å². The number of imide groups is 1. The van der Waals surface area contributed by atoms with Gasteiger partial charge in [0.15, 0.2) is 0 Å². The molecule has 38 heavy (non-hydrogen) atoms. The third-order valence-electron chi connectivity index (χ3n) is 6.84. The molecule has 0 bridgehead atoms. The predicted molar refractivity (Wildman–Crippen MR) is 139 cm³/mol. The number of thioether (sulfide) groups is 1. The van der Waals surface area contributed by atoms with Crippen LogP contribution < -0.4 is 5.73 Å². The van der Waals surface area contributed by atoms with Crippen LogP contribution in [0.25, 0.3) is 0 Å². The Morgan fingerprint density at radius 1 is 1.16 bits per heavy atom. The monoisotopic (exact) mass is 536 g/mol. The van der Waals surface area contributed by atoms with Crippen molar-refractivity contribution in [2.45, 2.75) is 23.6 Å². The fraction of sp³-hybridized carbons (Fsp3) is 0.346. The summed E-state index contributed by atoms with van der Waals surface area (Å²) in [5, 5.41) is 12.8. The van der Waals surface area contributed by atoms with Crippen molar-refractivity contribution in [3.8, 4) is 0 Å². The molecule has 3 aromatic rings. The van der Waals surface area contributed by atoms with Crippen LogP contribution in [0, 0.1) is 11.3 Å². The lowest BCUT2D eigenvalue weighted by Gasteiger charge is -2.30. The molecule has 0 radical (unpaired) electrons. The Bertz CT molecular complexity index is 1350. The standard InChI is InChI=1S/C26H28N6O5S/c1-16-20(13-31(24(16)33)26(35)30-7-10-36-11-8-30)21-12-22(32(29-21)25(34)19-6-9-37-14-19)38-15-17-2-4-18(5-3-17)23(27)28/h2-6,9,12,14,16,20H,7-8,10-11,13,15H2,1H3,(H3,27,28). The Kier molecular flexibility index (Phi) is 7.34. The van der Waals surface area contributed by atoms with Crippen LogP contribution in [0.4, 0.5) is 4.79 Å². The first kappa shape index (κ1) is 25.7. The maximum atomic E-state index is 13.3. The number of urea groups is 1. The molecule has 2 fully saturated rings. The molecule has 0 saturated carbocycles. The molecule has 0 aliphatic carbocycles. The lowest BCUT2D eigenvalue weighted by Crippen LogP contribution is -2.49. The summed E-state index contributed by atoms with van der Waals surface area (Å²) >= 11 is 1.43. The molecule has 0 spiro atoms. The van der Waals surface area contributed by atoms with Crippen LogP contribution in [-0.2, 0) is 15.3 Å². The van der Waals surface area contributed by atoms with E-state index in [0.29, 0.717) is 53.9 Å². The van der Waals surface area contributed by atoms with E-state index in [-0.39, 0.29) is 36.1 Å². The Labute approximate surface area is 223 Å². The SMILES string of the molecule is CC1C(=O)N(C(=O)N2CCOCC2)CC1c1cc(SCc2ccc(C(=N)N)cc2)n(C(=O)c2ccoc2)n1. The second-order valence-electron chi connectivity index (χ2n) is 9.26. The molecule has 198 valence electrons. The number of rotatable bonds is 6. The molecule has 4 heterocycles. The van der Waals surface area contributed by atoms with Gasteiger partial charge in [-0.2, -0.15) is 9.78 Å². The van der Waals surface area contributed by atoms with Crippen LogP contribution in [0.1, 0.15) is 40.0 Å². The van der Waals surface area contributed by atoms with Crippen molar-refractivity contribution in [1.29, 1.82) is 5.41 Å². The third kappa shape index (κ3) is 5.09. The molecule has 2 atom stereocenters. The van der Waals surface area contributed by atoms with Gasteiger partial charge in [0, 0.05) is 42.8 Å².